The molecule has 0 fully saturated rings. The van der Waals surface area contributed by atoms with Gasteiger partial charge in [0.1, 0.15) is 0 Å². The van der Waals surface area contributed by atoms with Crippen LogP contribution in [0.4, 0.5) is 0 Å². The number of ether oxygens (including phenoxy) is 1. The van der Waals surface area contributed by atoms with E-state index in [1.54, 1.807) is 0 Å². The van der Waals surface area contributed by atoms with Gasteiger partial charge in [0.05, 0.1) is 12.3 Å². The Morgan fingerprint density at radius 3 is 2.53 bits per heavy atom. The quantitative estimate of drug-likeness (QED) is 0.0711. The van der Waals surface area contributed by atoms with Crippen LogP contribution in [-0.4, -0.2) is 22.6 Å². The maximum atomic E-state index is 11.1. The zero-order chi connectivity index (χ0) is 30.8. The number of benzene rings is 2. The van der Waals surface area contributed by atoms with Gasteiger partial charge in [-0.1, -0.05) is 75.9 Å². The number of pyridine rings is 1. The lowest BCUT2D eigenvalue weighted by Gasteiger charge is -2.24. The zero-order valence-electron chi connectivity index (χ0n) is 27.0. The van der Waals surface area contributed by atoms with Crippen molar-refractivity contribution in [1.29, 1.82) is 0 Å². The van der Waals surface area contributed by atoms with E-state index in [0.717, 1.165) is 44.3 Å². The lowest BCUT2D eigenvalue weighted by Crippen LogP contribution is -2.22. The van der Waals surface area contributed by atoms with Gasteiger partial charge in [0.15, 0.2) is 0 Å². The molecule has 0 radical (unpaired) electrons. The molecule has 0 saturated heterocycles. The summed E-state index contributed by atoms with van der Waals surface area (Å²) in [6.07, 6.45) is 13.9. The largest absolute Gasteiger partial charge is 0.467 e. The predicted molar refractivity (Wildman–Crippen MR) is 181 cm³/mol. The fraction of sp³-hybridized carbons (Fsp3) is 0.436. The molecule has 43 heavy (non-hydrogen) atoms. The number of carbonyl (C=O) groups excluding carboxylic acids is 1. The molecule has 0 aliphatic rings. The molecule has 228 valence electrons. The van der Waals surface area contributed by atoms with Gasteiger partial charge >= 0.3 is 0 Å². The van der Waals surface area contributed by atoms with Crippen molar-refractivity contribution < 1.29 is 9.53 Å². The molecule has 2 heterocycles. The van der Waals surface area contributed by atoms with Gasteiger partial charge in [-0.25, -0.2) is 0 Å². The van der Waals surface area contributed by atoms with Gasteiger partial charge in [-0.3, -0.25) is 9.78 Å². The fourth-order valence-corrected chi connectivity index (χ4v) is 6.44. The first-order valence-corrected chi connectivity index (χ1v) is 16.2. The van der Waals surface area contributed by atoms with E-state index in [9.17, 15) is 4.79 Å². The van der Waals surface area contributed by atoms with Crippen molar-refractivity contribution in [1.82, 2.24) is 9.55 Å². The molecule has 0 aliphatic carbocycles. The highest BCUT2D eigenvalue weighted by atomic mass is 16.5. The molecule has 4 aromatic rings. The van der Waals surface area contributed by atoms with Crippen LogP contribution >= 0.6 is 0 Å². The Labute approximate surface area is 259 Å². The minimum absolute atomic E-state index is 0.228. The van der Waals surface area contributed by atoms with Gasteiger partial charge in [0, 0.05) is 40.3 Å². The molecular weight excluding hydrogens is 528 g/mol. The van der Waals surface area contributed by atoms with Crippen molar-refractivity contribution in [3.8, 4) is 22.4 Å². The van der Waals surface area contributed by atoms with Gasteiger partial charge in [-0.15, -0.1) is 6.58 Å². The van der Waals surface area contributed by atoms with Gasteiger partial charge in [0.25, 0.3) is 6.47 Å². The minimum Gasteiger partial charge on any atom is -0.467 e. The van der Waals surface area contributed by atoms with Crippen LogP contribution in [0.2, 0.25) is 0 Å². The number of hydrogen-bond acceptors (Lipinski definition) is 3. The molecule has 0 unspecified atom stereocenters. The highest BCUT2D eigenvalue weighted by Gasteiger charge is 2.27. The maximum Gasteiger partial charge on any atom is 0.293 e. The molecule has 0 bridgehead atoms. The first kappa shape index (κ1) is 32.3. The monoisotopic (exact) mass is 578 g/mol. The van der Waals surface area contributed by atoms with Crippen molar-refractivity contribution >= 4 is 17.4 Å². The van der Waals surface area contributed by atoms with Crippen LogP contribution in [0, 0.1) is 12.3 Å². The van der Waals surface area contributed by atoms with Crippen LogP contribution in [0.15, 0.2) is 67.4 Å². The van der Waals surface area contributed by atoms with Crippen molar-refractivity contribution in [2.24, 2.45) is 5.41 Å². The number of nitrogens with zero attached hydrogens (tertiary/aromatic N) is 2. The summed E-state index contributed by atoms with van der Waals surface area (Å²) < 4.78 is 7.75. The van der Waals surface area contributed by atoms with Gasteiger partial charge in [0.2, 0.25) is 0 Å². The molecule has 0 aliphatic heterocycles. The highest BCUT2D eigenvalue weighted by molar-refractivity contribution is 5.95. The van der Waals surface area contributed by atoms with Crippen LogP contribution in [0.25, 0.3) is 33.3 Å². The predicted octanol–water partition coefficient (Wildman–Crippen LogP) is 10.1. The second-order valence-corrected chi connectivity index (χ2v) is 12.7. The maximum absolute atomic E-state index is 11.1. The third-order valence-corrected chi connectivity index (χ3v) is 8.41. The summed E-state index contributed by atoms with van der Waals surface area (Å²) in [6, 6.07) is 18.3. The van der Waals surface area contributed by atoms with E-state index in [0.29, 0.717) is 13.1 Å². The van der Waals surface area contributed by atoms with Crippen LogP contribution in [0.1, 0.15) is 88.6 Å². The average Bonchev–Trinajstić information content (AvgIpc) is 3.29. The summed E-state index contributed by atoms with van der Waals surface area (Å²) in [6.45, 7) is 16.6. The molecule has 2 aromatic carbocycles. The average molecular weight is 579 g/mol. The molecule has 4 nitrogen and oxygen atoms in total. The summed E-state index contributed by atoms with van der Waals surface area (Å²) >= 11 is 0. The Morgan fingerprint density at radius 1 is 0.977 bits per heavy atom. The van der Waals surface area contributed by atoms with Crippen molar-refractivity contribution in [2.75, 3.05) is 6.61 Å². The standard InChI is InChI=1S/C39H50N2O2/c1-7-10-11-12-13-14-17-30-22-29(4)23-32(24-30)31-19-20-37-34(25-31)35(26-39(5,6)27-43-28-42)38(41(37)9-3)33-18-15-21-40-36(33)16-8-2/h7,15,18-25,28H,1,8-14,16-17,26-27H2,2-6H3. The van der Waals surface area contributed by atoms with Crippen molar-refractivity contribution in [3.05, 3.63) is 89.8 Å². The summed E-state index contributed by atoms with van der Waals surface area (Å²) in [5.41, 5.74) is 11.1. The van der Waals surface area contributed by atoms with Gasteiger partial charge < -0.3 is 9.30 Å². The third-order valence-electron chi connectivity index (χ3n) is 8.41. The summed E-state index contributed by atoms with van der Waals surface area (Å²) in [5, 5.41) is 1.27. The second-order valence-electron chi connectivity index (χ2n) is 12.7. The van der Waals surface area contributed by atoms with E-state index in [1.165, 1.54) is 75.7 Å². The van der Waals surface area contributed by atoms with Gasteiger partial charge in [-0.2, -0.15) is 0 Å². The van der Waals surface area contributed by atoms with E-state index in [1.807, 2.05) is 12.3 Å². The molecule has 2 aromatic heterocycles. The van der Waals surface area contributed by atoms with Crippen LogP contribution in [0.3, 0.4) is 0 Å². The molecule has 0 spiro atoms. The zero-order valence-corrected chi connectivity index (χ0v) is 27.0. The van der Waals surface area contributed by atoms with Crippen LogP contribution in [-0.2, 0) is 35.3 Å². The normalized spacial score (nSPS) is 11.7. The first-order chi connectivity index (χ1) is 20.8. The number of unbranched alkanes of at least 4 members (excludes halogenated alkanes) is 4. The fourth-order valence-electron chi connectivity index (χ4n) is 6.44. The first-order valence-electron chi connectivity index (χ1n) is 16.2. The topological polar surface area (TPSA) is 44.1 Å². The molecular formula is C39H50N2O2. The Kier molecular flexibility index (Phi) is 11.4. The van der Waals surface area contributed by atoms with Crippen molar-refractivity contribution in [3.63, 3.8) is 0 Å². The molecule has 0 N–H and O–H groups in total. The van der Waals surface area contributed by atoms with E-state index in [2.05, 4.69) is 94.3 Å². The van der Waals surface area contributed by atoms with Crippen LogP contribution in [0.5, 0.6) is 0 Å². The summed E-state index contributed by atoms with van der Waals surface area (Å²) in [7, 11) is 0. The Morgan fingerprint density at radius 2 is 1.79 bits per heavy atom. The molecule has 0 saturated carbocycles. The molecule has 0 amide bonds. The number of hydrogen-bond donors (Lipinski definition) is 0. The Balaban J connectivity index is 1.82. The van der Waals surface area contributed by atoms with E-state index < -0.39 is 0 Å². The number of fused-ring (bicyclic) bond motifs is 1. The number of aryl methyl sites for hydroxylation is 4. The summed E-state index contributed by atoms with van der Waals surface area (Å²) in [5.74, 6) is 0. The van der Waals surface area contributed by atoms with E-state index >= 15 is 0 Å². The highest BCUT2D eigenvalue weighted by Crippen LogP contribution is 2.41. The summed E-state index contributed by atoms with van der Waals surface area (Å²) in [4.78, 5) is 15.9. The number of rotatable bonds is 17. The van der Waals surface area contributed by atoms with Crippen molar-refractivity contribution in [2.45, 2.75) is 99.0 Å². The molecule has 4 heteroatoms. The number of carbonyl (C=O) groups is 1. The Bertz CT molecular complexity index is 1530. The molecule has 0 atom stereocenters. The Hall–Kier alpha value is -3.66. The van der Waals surface area contributed by atoms with Gasteiger partial charge in [-0.05, 0) is 98.9 Å². The smallest absolute Gasteiger partial charge is 0.293 e. The lowest BCUT2D eigenvalue weighted by atomic mass is 9.84. The van der Waals surface area contributed by atoms with E-state index in [4.69, 9.17) is 9.72 Å². The SMILES string of the molecule is C=CCCCCCCc1cc(C)cc(-c2ccc3c(c2)c(CC(C)(C)COC=O)c(-c2cccnc2CCC)n3CC)c1. The molecule has 4 rings (SSSR count). The number of aromatic nitrogens is 2. The van der Waals surface area contributed by atoms with E-state index in [-0.39, 0.29) is 5.41 Å². The second kappa shape index (κ2) is 15.2. The van der Waals surface area contributed by atoms with Crippen LogP contribution < -0.4 is 0 Å². The minimum atomic E-state index is -0.228. The third kappa shape index (κ3) is 8.04. The number of allylic oxidation sites excluding steroid dienone is 1. The lowest BCUT2D eigenvalue weighted by molar-refractivity contribution is -0.131.